The first kappa shape index (κ1) is 24.6. The van der Waals surface area contributed by atoms with Crippen LogP contribution in [0.2, 0.25) is 0 Å². The molecule has 6 heterocycles. The second kappa shape index (κ2) is 10.6. The van der Waals surface area contributed by atoms with Gasteiger partial charge in [-0.15, -0.1) is 0 Å². The van der Waals surface area contributed by atoms with Gasteiger partial charge in [-0.3, -0.25) is 9.48 Å². The fourth-order valence-corrected chi connectivity index (χ4v) is 5.23. The number of pyridine rings is 2. The molecule has 0 atom stereocenters. The Kier molecular flexibility index (Phi) is 6.69. The maximum atomic E-state index is 11.5. The number of carbonyl (C=O) groups excluding carboxylic acids is 1. The zero-order valence-corrected chi connectivity index (χ0v) is 21.5. The molecular formula is C28H29N9O2. The van der Waals surface area contributed by atoms with Crippen molar-refractivity contribution in [3.63, 3.8) is 0 Å². The molecule has 2 saturated heterocycles. The van der Waals surface area contributed by atoms with Crippen molar-refractivity contribution in [1.82, 2.24) is 24.4 Å². The molecule has 0 aliphatic carbocycles. The minimum atomic E-state index is -0.265. The molecule has 4 aromatic heterocycles. The Morgan fingerprint density at radius 3 is 2.56 bits per heavy atom. The Labute approximate surface area is 225 Å². The average Bonchev–Trinajstić information content (AvgIpc) is 3.65. The standard InChI is InChI=1S/C28H29N9O2/c1-2-27(38)33-23-3-4-26(30-17-23)35-9-7-34(8-10-35)25-13-20(18-37-28(25)21(14-29)15-32-37)22-16-31-36(19-22)24-5-11-39-12-6-24/h2-4,13,15-19,24H,1,5-12H2,(H,33,38). The third-order valence-electron chi connectivity index (χ3n) is 7.36. The maximum Gasteiger partial charge on any atom is 0.247 e. The molecule has 0 saturated carbocycles. The molecule has 198 valence electrons. The van der Waals surface area contributed by atoms with Gasteiger partial charge in [-0.25, -0.2) is 9.50 Å². The van der Waals surface area contributed by atoms with E-state index in [9.17, 15) is 10.1 Å². The van der Waals surface area contributed by atoms with Gasteiger partial charge in [-0.1, -0.05) is 6.58 Å². The molecule has 0 unspecified atom stereocenters. The normalized spacial score (nSPS) is 16.3. The van der Waals surface area contributed by atoms with Crippen molar-refractivity contribution in [3.05, 3.63) is 67.4 Å². The third-order valence-corrected chi connectivity index (χ3v) is 7.36. The molecule has 0 bridgehead atoms. The van der Waals surface area contributed by atoms with Gasteiger partial charge in [-0.2, -0.15) is 15.5 Å². The zero-order chi connectivity index (χ0) is 26.8. The van der Waals surface area contributed by atoms with E-state index in [0.717, 1.165) is 80.4 Å². The molecule has 6 rings (SSSR count). The van der Waals surface area contributed by atoms with Gasteiger partial charge >= 0.3 is 0 Å². The summed E-state index contributed by atoms with van der Waals surface area (Å²) in [5, 5.41) is 21.6. The molecule has 2 aliphatic rings. The molecular weight excluding hydrogens is 494 g/mol. The summed E-state index contributed by atoms with van der Waals surface area (Å²) in [6.45, 7) is 8.04. The number of nitriles is 1. The predicted octanol–water partition coefficient (Wildman–Crippen LogP) is 3.27. The monoisotopic (exact) mass is 523 g/mol. The smallest absolute Gasteiger partial charge is 0.247 e. The lowest BCUT2D eigenvalue weighted by Gasteiger charge is -2.37. The topological polar surface area (TPSA) is 117 Å². The molecule has 11 heteroatoms. The number of nitrogens with one attached hydrogen (secondary N) is 1. The van der Waals surface area contributed by atoms with Crippen LogP contribution in [0.5, 0.6) is 0 Å². The first-order valence-corrected chi connectivity index (χ1v) is 13.1. The number of ether oxygens (including phenoxy) is 1. The van der Waals surface area contributed by atoms with E-state index in [4.69, 9.17) is 4.74 Å². The summed E-state index contributed by atoms with van der Waals surface area (Å²) in [6, 6.07) is 8.55. The summed E-state index contributed by atoms with van der Waals surface area (Å²) in [5.41, 5.74) is 5.00. The van der Waals surface area contributed by atoms with Crippen LogP contribution in [-0.4, -0.2) is 69.7 Å². The van der Waals surface area contributed by atoms with E-state index >= 15 is 0 Å². The van der Waals surface area contributed by atoms with Gasteiger partial charge < -0.3 is 19.9 Å². The number of hydrogen-bond donors (Lipinski definition) is 1. The van der Waals surface area contributed by atoms with Crippen LogP contribution < -0.4 is 15.1 Å². The number of aromatic nitrogens is 5. The summed E-state index contributed by atoms with van der Waals surface area (Å²) in [7, 11) is 0. The molecule has 2 fully saturated rings. The van der Waals surface area contributed by atoms with Crippen LogP contribution in [0.25, 0.3) is 16.6 Å². The van der Waals surface area contributed by atoms with Gasteiger partial charge in [0.25, 0.3) is 0 Å². The number of piperazine rings is 1. The van der Waals surface area contributed by atoms with E-state index in [1.807, 2.05) is 29.2 Å². The number of fused-ring (bicyclic) bond motifs is 1. The van der Waals surface area contributed by atoms with Crippen molar-refractivity contribution in [2.75, 3.05) is 54.5 Å². The SMILES string of the molecule is C=CC(=O)Nc1ccc(N2CCN(c3cc(-c4cnn(C5CCOCC5)c4)cn4ncc(C#N)c34)CC2)nc1. The van der Waals surface area contributed by atoms with Gasteiger partial charge in [-0.05, 0) is 37.1 Å². The van der Waals surface area contributed by atoms with Crippen LogP contribution in [0.4, 0.5) is 17.2 Å². The van der Waals surface area contributed by atoms with Crippen molar-refractivity contribution < 1.29 is 9.53 Å². The lowest BCUT2D eigenvalue weighted by molar-refractivity contribution is -0.111. The number of amides is 1. The van der Waals surface area contributed by atoms with Gasteiger partial charge in [0.15, 0.2) is 0 Å². The van der Waals surface area contributed by atoms with Gasteiger partial charge in [0, 0.05) is 62.9 Å². The Bertz CT molecular complexity index is 1540. The second-order valence-corrected chi connectivity index (χ2v) is 9.70. The van der Waals surface area contributed by atoms with Crippen molar-refractivity contribution in [2.24, 2.45) is 0 Å². The van der Waals surface area contributed by atoms with Gasteiger partial charge in [0.2, 0.25) is 5.91 Å². The van der Waals surface area contributed by atoms with E-state index in [1.54, 1.807) is 16.9 Å². The summed E-state index contributed by atoms with van der Waals surface area (Å²) >= 11 is 0. The van der Waals surface area contributed by atoms with Crippen molar-refractivity contribution in [1.29, 1.82) is 5.26 Å². The Hall–Kier alpha value is -4.69. The van der Waals surface area contributed by atoms with E-state index in [-0.39, 0.29) is 5.91 Å². The molecule has 0 spiro atoms. The van der Waals surface area contributed by atoms with Crippen molar-refractivity contribution in [3.8, 4) is 17.2 Å². The number of carbonyl (C=O) groups is 1. The minimum Gasteiger partial charge on any atom is -0.381 e. The molecule has 0 aromatic carbocycles. The van der Waals surface area contributed by atoms with E-state index in [0.29, 0.717) is 17.3 Å². The molecule has 0 radical (unpaired) electrons. The average molecular weight is 524 g/mol. The predicted molar refractivity (Wildman–Crippen MR) is 148 cm³/mol. The lowest BCUT2D eigenvalue weighted by Crippen LogP contribution is -2.47. The molecule has 2 aliphatic heterocycles. The Morgan fingerprint density at radius 2 is 1.85 bits per heavy atom. The van der Waals surface area contributed by atoms with Crippen LogP contribution in [-0.2, 0) is 9.53 Å². The summed E-state index contributed by atoms with van der Waals surface area (Å²) < 4.78 is 9.36. The Balaban J connectivity index is 1.24. The summed E-state index contributed by atoms with van der Waals surface area (Å²) in [5.74, 6) is 0.590. The summed E-state index contributed by atoms with van der Waals surface area (Å²) in [4.78, 5) is 20.6. The largest absolute Gasteiger partial charge is 0.381 e. The van der Waals surface area contributed by atoms with Crippen LogP contribution in [0, 0.1) is 11.3 Å². The van der Waals surface area contributed by atoms with E-state index < -0.39 is 0 Å². The molecule has 1 amide bonds. The quantitative estimate of drug-likeness (QED) is 0.383. The first-order chi connectivity index (χ1) is 19.1. The fourth-order valence-electron chi connectivity index (χ4n) is 5.23. The maximum absolute atomic E-state index is 11.5. The molecule has 39 heavy (non-hydrogen) atoms. The highest BCUT2D eigenvalue weighted by molar-refractivity contribution is 5.98. The fraction of sp³-hybridized carbons (Fsp3) is 0.321. The van der Waals surface area contributed by atoms with Crippen LogP contribution in [0.15, 0.2) is 61.8 Å². The molecule has 4 aromatic rings. The zero-order valence-electron chi connectivity index (χ0n) is 21.5. The highest BCUT2D eigenvalue weighted by Gasteiger charge is 2.23. The van der Waals surface area contributed by atoms with Gasteiger partial charge in [0.05, 0.1) is 41.6 Å². The first-order valence-electron chi connectivity index (χ1n) is 13.1. The van der Waals surface area contributed by atoms with Crippen LogP contribution in [0.3, 0.4) is 0 Å². The number of anilines is 3. The minimum absolute atomic E-state index is 0.265. The van der Waals surface area contributed by atoms with Crippen LogP contribution in [0.1, 0.15) is 24.4 Å². The van der Waals surface area contributed by atoms with Crippen LogP contribution >= 0.6 is 0 Å². The van der Waals surface area contributed by atoms with Crippen molar-refractivity contribution in [2.45, 2.75) is 18.9 Å². The van der Waals surface area contributed by atoms with E-state index in [2.05, 4.69) is 55.2 Å². The number of hydrogen-bond acceptors (Lipinski definition) is 8. The number of nitrogens with zero attached hydrogens (tertiary/aromatic N) is 8. The lowest BCUT2D eigenvalue weighted by atomic mass is 10.1. The Morgan fingerprint density at radius 1 is 1.05 bits per heavy atom. The highest BCUT2D eigenvalue weighted by atomic mass is 16.5. The van der Waals surface area contributed by atoms with Crippen molar-refractivity contribution >= 4 is 28.6 Å². The van der Waals surface area contributed by atoms with E-state index in [1.165, 1.54) is 6.08 Å². The third kappa shape index (κ3) is 4.94. The highest BCUT2D eigenvalue weighted by Crippen LogP contribution is 2.33. The van der Waals surface area contributed by atoms with Gasteiger partial charge in [0.1, 0.15) is 17.4 Å². The molecule has 1 N–H and O–H groups in total. The second-order valence-electron chi connectivity index (χ2n) is 9.70. The number of rotatable bonds is 6. The summed E-state index contributed by atoms with van der Waals surface area (Å²) in [6.07, 6.45) is 12.4. The molecule has 11 nitrogen and oxygen atoms in total.